The van der Waals surface area contributed by atoms with Crippen LogP contribution in [0.3, 0.4) is 0 Å². The fourth-order valence-electron chi connectivity index (χ4n) is 3.30. The van der Waals surface area contributed by atoms with E-state index in [9.17, 15) is 4.79 Å². The Balaban J connectivity index is 2.08. The number of halogens is 3. The van der Waals surface area contributed by atoms with Gasteiger partial charge in [0.2, 0.25) is 0 Å². The van der Waals surface area contributed by atoms with Crippen LogP contribution in [0.25, 0.3) is 16.6 Å². The van der Waals surface area contributed by atoms with Crippen LogP contribution in [0.1, 0.15) is 24.3 Å². The quantitative estimate of drug-likeness (QED) is 0.413. The Hall–Kier alpha value is -1.60. The van der Waals surface area contributed by atoms with E-state index in [1.54, 1.807) is 19.2 Å². The van der Waals surface area contributed by atoms with E-state index in [-0.39, 0.29) is 20.8 Å². The van der Waals surface area contributed by atoms with Crippen LogP contribution < -0.4 is 15.0 Å². The van der Waals surface area contributed by atoms with Gasteiger partial charge >= 0.3 is 0 Å². The third-order valence-corrected chi connectivity index (χ3v) is 5.95. The van der Waals surface area contributed by atoms with Crippen molar-refractivity contribution >= 4 is 58.3 Å². The van der Waals surface area contributed by atoms with Crippen LogP contribution in [0.5, 0.6) is 11.5 Å². The van der Waals surface area contributed by atoms with Crippen molar-refractivity contribution in [3.8, 4) is 17.2 Å². The summed E-state index contributed by atoms with van der Waals surface area (Å²) in [5.74, 6) is 1.30. The van der Waals surface area contributed by atoms with Crippen LogP contribution in [0.4, 0.5) is 0 Å². The van der Waals surface area contributed by atoms with Gasteiger partial charge < -0.3 is 9.47 Å². The second-order valence-electron chi connectivity index (χ2n) is 6.46. The third-order valence-electron chi connectivity index (χ3n) is 4.75. The molecule has 0 atom stereocenters. The van der Waals surface area contributed by atoms with Crippen LogP contribution in [-0.4, -0.2) is 23.8 Å². The minimum atomic E-state index is -0.379. The van der Waals surface area contributed by atoms with Crippen molar-refractivity contribution in [3.05, 3.63) is 49.2 Å². The molecule has 5 nitrogen and oxygen atoms in total. The van der Waals surface area contributed by atoms with Gasteiger partial charge in [0, 0.05) is 11.6 Å². The smallest absolute Gasteiger partial charge is 0.268 e. The van der Waals surface area contributed by atoms with Crippen molar-refractivity contribution in [1.29, 1.82) is 0 Å². The van der Waals surface area contributed by atoms with Gasteiger partial charge in [0.25, 0.3) is 5.56 Å². The molecule has 0 saturated heterocycles. The van der Waals surface area contributed by atoms with E-state index in [1.807, 2.05) is 0 Å². The van der Waals surface area contributed by atoms with Crippen molar-refractivity contribution in [2.24, 2.45) is 0 Å². The summed E-state index contributed by atoms with van der Waals surface area (Å²) >= 11 is 23.4. The number of benzene rings is 2. The molecular weight excluding hydrogens is 443 g/mol. The average molecular weight is 458 g/mol. The van der Waals surface area contributed by atoms with Crippen LogP contribution in [0.15, 0.2) is 28.2 Å². The minimum Gasteiger partial charge on any atom is -0.496 e. The molecule has 1 aliphatic carbocycles. The fraction of sp³-hybridized carbons (Fsp3) is 0.263. The number of nitrogens with zero attached hydrogens (tertiary/aromatic N) is 2. The number of aromatic nitrogens is 2. The Kier molecular flexibility index (Phi) is 5.16. The highest BCUT2D eigenvalue weighted by molar-refractivity contribution is 7.80. The molecule has 28 heavy (non-hydrogen) atoms. The number of thiol groups is 1. The first-order chi connectivity index (χ1) is 13.4. The molecule has 0 radical (unpaired) electrons. The van der Waals surface area contributed by atoms with E-state index < -0.39 is 0 Å². The molecule has 1 saturated carbocycles. The molecule has 2 aromatic carbocycles. The summed E-state index contributed by atoms with van der Waals surface area (Å²) in [7, 11) is 3.05. The van der Waals surface area contributed by atoms with Gasteiger partial charge in [-0.25, -0.2) is 4.98 Å². The van der Waals surface area contributed by atoms with Gasteiger partial charge in [-0.15, -0.1) is 12.6 Å². The first kappa shape index (κ1) is 19.7. The molecule has 9 heteroatoms. The molecule has 0 N–H and O–H groups in total. The molecule has 1 heterocycles. The van der Waals surface area contributed by atoms with Gasteiger partial charge in [-0.3, -0.25) is 9.36 Å². The molecule has 3 aromatic rings. The topological polar surface area (TPSA) is 53.4 Å². The summed E-state index contributed by atoms with van der Waals surface area (Å²) in [6.45, 7) is 0. The third kappa shape index (κ3) is 3.12. The Bertz CT molecular complexity index is 1180. The number of fused-ring (bicyclic) bond motifs is 1. The standard InChI is InChI=1S/C19H15Cl3N2O3S/c1-26-13-7-12(9(20)5-10(13)21)24-18(25)16-11(22)6-14(27-2)15(8-3-4-8)17(16)23-19(24)28/h5-8H,3-4H2,1-2H3,(H,23,28). The molecule has 0 aliphatic heterocycles. The summed E-state index contributed by atoms with van der Waals surface area (Å²) in [5.41, 5.74) is 1.37. The highest BCUT2D eigenvalue weighted by Crippen LogP contribution is 2.48. The number of ether oxygens (including phenoxy) is 2. The van der Waals surface area contributed by atoms with Crippen LogP contribution in [0.2, 0.25) is 15.1 Å². The lowest BCUT2D eigenvalue weighted by atomic mass is 10.0. The number of methoxy groups -OCH3 is 2. The molecule has 1 aromatic heterocycles. The molecule has 146 valence electrons. The second-order valence-corrected chi connectivity index (χ2v) is 8.08. The SMILES string of the molecule is COc1cc(-n2c(S)nc3c(C4CC4)c(OC)cc(Cl)c3c2=O)c(Cl)cc1Cl. The number of hydrogen-bond acceptors (Lipinski definition) is 5. The van der Waals surface area contributed by atoms with E-state index in [1.165, 1.54) is 17.7 Å². The first-order valence-electron chi connectivity index (χ1n) is 8.42. The van der Waals surface area contributed by atoms with Crippen LogP contribution in [-0.2, 0) is 0 Å². The lowest BCUT2D eigenvalue weighted by molar-refractivity contribution is 0.410. The van der Waals surface area contributed by atoms with Crippen LogP contribution in [0, 0.1) is 0 Å². The van der Waals surface area contributed by atoms with Gasteiger partial charge in [0.1, 0.15) is 11.5 Å². The Morgan fingerprint density at radius 2 is 1.71 bits per heavy atom. The highest BCUT2D eigenvalue weighted by Gasteiger charge is 2.32. The molecule has 1 fully saturated rings. The molecule has 4 rings (SSSR count). The molecule has 0 unspecified atom stereocenters. The maximum absolute atomic E-state index is 13.4. The van der Waals surface area contributed by atoms with Gasteiger partial charge in [-0.2, -0.15) is 0 Å². The Morgan fingerprint density at radius 1 is 1.04 bits per heavy atom. The zero-order valence-corrected chi connectivity index (χ0v) is 18.1. The number of rotatable bonds is 4. The Labute approximate surface area is 181 Å². The first-order valence-corrected chi connectivity index (χ1v) is 10.0. The molecule has 1 aliphatic rings. The molecular formula is C19H15Cl3N2O3S. The average Bonchev–Trinajstić information content (AvgIpc) is 3.47. The van der Waals surface area contributed by atoms with E-state index in [4.69, 9.17) is 44.3 Å². The normalized spacial score (nSPS) is 13.8. The lowest BCUT2D eigenvalue weighted by Crippen LogP contribution is -2.22. The lowest BCUT2D eigenvalue weighted by Gasteiger charge is -2.17. The van der Waals surface area contributed by atoms with Crippen LogP contribution >= 0.6 is 47.4 Å². The van der Waals surface area contributed by atoms with Crippen molar-refractivity contribution in [1.82, 2.24) is 9.55 Å². The number of hydrogen-bond donors (Lipinski definition) is 1. The molecule has 0 spiro atoms. The van der Waals surface area contributed by atoms with Gasteiger partial charge in [-0.1, -0.05) is 34.8 Å². The van der Waals surface area contributed by atoms with Crippen molar-refractivity contribution < 1.29 is 9.47 Å². The maximum atomic E-state index is 13.4. The fourth-order valence-corrected chi connectivity index (χ4v) is 4.41. The van der Waals surface area contributed by atoms with Crippen molar-refractivity contribution in [2.45, 2.75) is 23.9 Å². The molecule has 0 bridgehead atoms. The van der Waals surface area contributed by atoms with Crippen molar-refractivity contribution in [2.75, 3.05) is 14.2 Å². The van der Waals surface area contributed by atoms with Gasteiger partial charge in [-0.05, 0) is 30.9 Å². The molecule has 0 amide bonds. The summed E-state index contributed by atoms with van der Waals surface area (Å²) in [4.78, 5) is 18.0. The largest absolute Gasteiger partial charge is 0.496 e. The minimum absolute atomic E-state index is 0.176. The zero-order chi connectivity index (χ0) is 20.2. The summed E-state index contributed by atoms with van der Waals surface area (Å²) < 4.78 is 12.0. The van der Waals surface area contributed by atoms with E-state index >= 15 is 0 Å². The highest BCUT2D eigenvalue weighted by atomic mass is 35.5. The van der Waals surface area contributed by atoms with E-state index in [0.717, 1.165) is 18.4 Å². The zero-order valence-electron chi connectivity index (χ0n) is 14.9. The summed E-state index contributed by atoms with van der Waals surface area (Å²) in [6.07, 6.45) is 2.03. The predicted octanol–water partition coefficient (Wildman–Crippen LogP) is 5.53. The van der Waals surface area contributed by atoms with E-state index in [0.29, 0.717) is 39.0 Å². The monoisotopic (exact) mass is 456 g/mol. The summed E-state index contributed by atoms with van der Waals surface area (Å²) in [5, 5.41) is 1.32. The Morgan fingerprint density at radius 3 is 2.32 bits per heavy atom. The predicted molar refractivity (Wildman–Crippen MR) is 115 cm³/mol. The summed E-state index contributed by atoms with van der Waals surface area (Å²) in [6, 6.07) is 4.73. The van der Waals surface area contributed by atoms with Crippen molar-refractivity contribution in [3.63, 3.8) is 0 Å². The maximum Gasteiger partial charge on any atom is 0.268 e. The second kappa shape index (κ2) is 7.34. The van der Waals surface area contributed by atoms with Gasteiger partial charge in [0.15, 0.2) is 5.16 Å². The van der Waals surface area contributed by atoms with E-state index in [2.05, 4.69) is 17.6 Å². The van der Waals surface area contributed by atoms with Gasteiger partial charge in [0.05, 0.1) is 45.9 Å².